The highest BCUT2D eigenvalue weighted by atomic mass is 16.8. The molecule has 2 saturated heterocycles. The Morgan fingerprint density at radius 1 is 0.708 bits per heavy atom. The smallest absolute Gasteiger partial charge is 0.184 e. The maximum absolute atomic E-state index is 10.4. The van der Waals surface area contributed by atoms with Crippen molar-refractivity contribution >= 4 is 0 Å². The van der Waals surface area contributed by atoms with E-state index in [9.17, 15) is 5.11 Å². The lowest BCUT2D eigenvalue weighted by Gasteiger charge is -2.29. The fourth-order valence-corrected chi connectivity index (χ4v) is 3.05. The predicted octanol–water partition coefficient (Wildman–Crippen LogP) is 2.58. The average Bonchev–Trinajstić information content (AvgIpc) is 3.05. The Kier molecular flexibility index (Phi) is 4.60. The van der Waals surface area contributed by atoms with Gasteiger partial charge in [0.05, 0.1) is 13.2 Å². The van der Waals surface area contributed by atoms with Gasteiger partial charge in [-0.2, -0.15) is 0 Å². The number of aliphatic hydroxyl groups is 1. The largest absolute Gasteiger partial charge is 0.388 e. The Hall–Kier alpha value is -1.76. The van der Waals surface area contributed by atoms with Crippen LogP contribution in [0.5, 0.6) is 0 Å². The summed E-state index contributed by atoms with van der Waals surface area (Å²) in [6.45, 7) is 0.427. The van der Waals surface area contributed by atoms with Crippen molar-refractivity contribution in [2.45, 2.75) is 30.9 Å². The van der Waals surface area contributed by atoms with Gasteiger partial charge in [-0.1, -0.05) is 60.7 Å². The van der Waals surface area contributed by atoms with Crippen LogP contribution in [0.1, 0.15) is 23.7 Å². The lowest BCUT2D eigenvalue weighted by Crippen LogP contribution is -2.43. The summed E-state index contributed by atoms with van der Waals surface area (Å²) < 4.78 is 23.5. The highest BCUT2D eigenvalue weighted by molar-refractivity contribution is 5.18. The zero-order valence-corrected chi connectivity index (χ0v) is 13.2. The first-order valence-electron chi connectivity index (χ1n) is 8.13. The molecule has 2 aromatic carbocycles. The monoisotopic (exact) mass is 328 g/mol. The molecule has 0 radical (unpaired) electrons. The molecule has 2 aliphatic rings. The quantitative estimate of drug-likeness (QED) is 0.918. The van der Waals surface area contributed by atoms with E-state index >= 15 is 0 Å². The number of aliphatic hydroxyl groups excluding tert-OH is 1. The first-order chi connectivity index (χ1) is 11.8. The molecule has 0 bridgehead atoms. The number of hydrogen-bond donors (Lipinski definition) is 1. The first kappa shape index (κ1) is 15.7. The van der Waals surface area contributed by atoms with Crippen LogP contribution in [0.2, 0.25) is 0 Å². The van der Waals surface area contributed by atoms with Gasteiger partial charge in [-0.25, -0.2) is 0 Å². The van der Waals surface area contributed by atoms with Gasteiger partial charge in [0.25, 0.3) is 0 Å². The molecule has 0 aliphatic carbocycles. The number of ether oxygens (including phenoxy) is 4. The molecule has 0 amide bonds. The second kappa shape index (κ2) is 7.01. The van der Waals surface area contributed by atoms with Crippen LogP contribution < -0.4 is 0 Å². The molecular formula is C19H20O5. The maximum atomic E-state index is 10.4. The van der Waals surface area contributed by atoms with E-state index in [0.29, 0.717) is 6.61 Å². The average molecular weight is 328 g/mol. The molecule has 2 fully saturated rings. The molecule has 2 heterocycles. The molecule has 126 valence electrons. The van der Waals surface area contributed by atoms with Crippen molar-refractivity contribution in [1.82, 2.24) is 0 Å². The van der Waals surface area contributed by atoms with E-state index in [4.69, 9.17) is 18.9 Å². The Bertz CT molecular complexity index is 610. The van der Waals surface area contributed by atoms with Crippen molar-refractivity contribution in [3.05, 3.63) is 71.8 Å². The van der Waals surface area contributed by atoms with Crippen LogP contribution in [0.3, 0.4) is 0 Å². The molecule has 5 nitrogen and oxygen atoms in total. The minimum absolute atomic E-state index is 0.131. The van der Waals surface area contributed by atoms with Gasteiger partial charge in [-0.15, -0.1) is 0 Å². The van der Waals surface area contributed by atoms with Gasteiger partial charge < -0.3 is 24.1 Å². The molecule has 0 aromatic heterocycles. The summed E-state index contributed by atoms with van der Waals surface area (Å²) in [5.41, 5.74) is 1.85. The van der Waals surface area contributed by atoms with E-state index in [2.05, 4.69) is 0 Å². The number of rotatable bonds is 2. The third kappa shape index (κ3) is 3.22. The Balaban J connectivity index is 1.48. The molecule has 0 saturated carbocycles. The van der Waals surface area contributed by atoms with E-state index < -0.39 is 24.8 Å². The predicted molar refractivity (Wildman–Crippen MR) is 86.0 cm³/mol. The van der Waals surface area contributed by atoms with Crippen LogP contribution in [-0.2, 0) is 18.9 Å². The molecule has 0 spiro atoms. The molecule has 1 N–H and O–H groups in total. The second-order valence-electron chi connectivity index (χ2n) is 5.99. The topological polar surface area (TPSA) is 57.2 Å². The summed E-state index contributed by atoms with van der Waals surface area (Å²) in [4.78, 5) is 0. The van der Waals surface area contributed by atoms with Crippen LogP contribution in [0.4, 0.5) is 0 Å². The second-order valence-corrected chi connectivity index (χ2v) is 5.99. The van der Waals surface area contributed by atoms with Crippen LogP contribution in [0.25, 0.3) is 0 Å². The zero-order valence-electron chi connectivity index (χ0n) is 13.2. The maximum Gasteiger partial charge on any atom is 0.184 e. The summed E-state index contributed by atoms with van der Waals surface area (Å²) in [5.74, 6) is 0. The van der Waals surface area contributed by atoms with Crippen LogP contribution in [0, 0.1) is 0 Å². The highest BCUT2D eigenvalue weighted by Gasteiger charge is 2.43. The van der Waals surface area contributed by atoms with Crippen LogP contribution >= 0.6 is 0 Å². The van der Waals surface area contributed by atoms with Gasteiger partial charge in [-0.05, 0) is 0 Å². The summed E-state index contributed by atoms with van der Waals surface area (Å²) in [6.07, 6.45) is -2.57. The van der Waals surface area contributed by atoms with Gasteiger partial charge in [0.2, 0.25) is 0 Å². The number of benzene rings is 2. The SMILES string of the molecule is O[C@@H]1COC(c2ccccc2)OC[C@@H]2OC(c3ccccc3)O[C@@H]12. The third-order valence-electron chi connectivity index (χ3n) is 4.30. The molecule has 2 unspecified atom stereocenters. The summed E-state index contributed by atoms with van der Waals surface area (Å²) >= 11 is 0. The summed E-state index contributed by atoms with van der Waals surface area (Å²) in [5, 5.41) is 10.4. The van der Waals surface area contributed by atoms with Gasteiger partial charge >= 0.3 is 0 Å². The van der Waals surface area contributed by atoms with Crippen molar-refractivity contribution in [2.24, 2.45) is 0 Å². The molecule has 2 aromatic rings. The number of hydrogen-bond acceptors (Lipinski definition) is 5. The zero-order chi connectivity index (χ0) is 16.4. The number of fused-ring (bicyclic) bond motifs is 1. The lowest BCUT2D eigenvalue weighted by molar-refractivity contribution is -0.203. The van der Waals surface area contributed by atoms with E-state index in [1.807, 2.05) is 60.7 Å². The summed E-state index contributed by atoms with van der Waals surface area (Å²) in [6, 6.07) is 19.4. The first-order valence-corrected chi connectivity index (χ1v) is 8.13. The summed E-state index contributed by atoms with van der Waals surface area (Å²) in [7, 11) is 0. The Morgan fingerprint density at radius 3 is 1.96 bits per heavy atom. The van der Waals surface area contributed by atoms with E-state index in [1.54, 1.807) is 0 Å². The van der Waals surface area contributed by atoms with Gasteiger partial charge in [0, 0.05) is 11.1 Å². The van der Waals surface area contributed by atoms with Crippen molar-refractivity contribution in [3.63, 3.8) is 0 Å². The van der Waals surface area contributed by atoms with Gasteiger partial charge in [-0.3, -0.25) is 0 Å². The Morgan fingerprint density at radius 2 is 1.29 bits per heavy atom. The molecule has 4 rings (SSSR count). The third-order valence-corrected chi connectivity index (χ3v) is 4.30. The lowest BCUT2D eigenvalue weighted by atomic mass is 10.1. The minimum atomic E-state index is -0.765. The molecule has 24 heavy (non-hydrogen) atoms. The molecule has 5 heteroatoms. The van der Waals surface area contributed by atoms with Crippen molar-refractivity contribution in [2.75, 3.05) is 13.2 Å². The normalized spacial score (nSPS) is 33.5. The standard InChI is InChI=1S/C19H20O5/c20-15-11-21-18(13-7-3-1-4-8-13)22-12-16-17(15)24-19(23-16)14-9-5-2-6-10-14/h1-10,15-20H,11-12H2/t15-,16+,17+,18?,19?/m1/s1. The Labute approximate surface area is 140 Å². The van der Waals surface area contributed by atoms with E-state index in [-0.39, 0.29) is 12.7 Å². The molecular weight excluding hydrogens is 308 g/mol. The van der Waals surface area contributed by atoms with Crippen LogP contribution in [-0.4, -0.2) is 36.6 Å². The van der Waals surface area contributed by atoms with Gasteiger partial charge in [0.1, 0.15) is 18.3 Å². The van der Waals surface area contributed by atoms with E-state index in [0.717, 1.165) is 11.1 Å². The van der Waals surface area contributed by atoms with Crippen LogP contribution in [0.15, 0.2) is 60.7 Å². The van der Waals surface area contributed by atoms with E-state index in [1.165, 1.54) is 0 Å². The molecule has 5 atom stereocenters. The van der Waals surface area contributed by atoms with Crippen molar-refractivity contribution < 1.29 is 24.1 Å². The molecule has 2 aliphatic heterocycles. The van der Waals surface area contributed by atoms with Crippen molar-refractivity contribution in [1.29, 1.82) is 0 Å². The van der Waals surface area contributed by atoms with Gasteiger partial charge in [0.15, 0.2) is 12.6 Å². The highest BCUT2D eigenvalue weighted by Crippen LogP contribution is 2.35. The minimum Gasteiger partial charge on any atom is -0.388 e. The fourth-order valence-electron chi connectivity index (χ4n) is 3.05. The fraction of sp³-hybridized carbons (Fsp3) is 0.368. The van der Waals surface area contributed by atoms with Crippen molar-refractivity contribution in [3.8, 4) is 0 Å².